The molecule has 1 fully saturated rings. The third kappa shape index (κ3) is 5.34. The maximum Gasteiger partial charge on any atom is 0.309 e. The van der Waals surface area contributed by atoms with Crippen LogP contribution in [0.2, 0.25) is 0 Å². The van der Waals surface area contributed by atoms with Crippen LogP contribution in [-0.2, 0) is 29.1 Å². The number of para-hydroxylation sites is 2. The molecule has 0 bridgehead atoms. The van der Waals surface area contributed by atoms with E-state index in [-0.39, 0.29) is 36.7 Å². The second kappa shape index (κ2) is 9.89. The number of nitrogens with one attached hydrogen (secondary N) is 1. The zero-order valence-corrected chi connectivity index (χ0v) is 19.1. The molecule has 3 heterocycles. The average molecular weight is 495 g/mol. The van der Waals surface area contributed by atoms with Crippen molar-refractivity contribution in [3.8, 4) is 11.5 Å². The van der Waals surface area contributed by atoms with E-state index in [0.717, 1.165) is 11.3 Å². The van der Waals surface area contributed by atoms with Crippen LogP contribution in [0.4, 0.5) is 0 Å². The maximum atomic E-state index is 12.6. The van der Waals surface area contributed by atoms with E-state index in [2.05, 4.69) is 5.32 Å². The summed E-state index contributed by atoms with van der Waals surface area (Å²) in [7, 11) is -3.56. The van der Waals surface area contributed by atoms with Crippen LogP contribution in [0, 0.1) is 5.92 Å². The number of esters is 1. The first-order valence-electron chi connectivity index (χ1n) is 10.3. The SMILES string of the molecule is O=C(COC(=O)C1CCN(S(=O)(=O)c2cccs2)CC1)NC(=O)C1COc2ccccc2O1. The van der Waals surface area contributed by atoms with Gasteiger partial charge in [0, 0.05) is 13.1 Å². The highest BCUT2D eigenvalue weighted by Crippen LogP contribution is 2.31. The van der Waals surface area contributed by atoms with Gasteiger partial charge in [0.2, 0.25) is 6.10 Å². The van der Waals surface area contributed by atoms with Gasteiger partial charge in [-0.1, -0.05) is 18.2 Å². The molecule has 2 aromatic rings. The van der Waals surface area contributed by atoms with E-state index >= 15 is 0 Å². The monoisotopic (exact) mass is 494 g/mol. The molecule has 0 spiro atoms. The fraction of sp³-hybridized carbons (Fsp3) is 0.381. The molecular weight excluding hydrogens is 472 g/mol. The first-order chi connectivity index (χ1) is 15.8. The van der Waals surface area contributed by atoms with E-state index in [4.69, 9.17) is 14.2 Å². The van der Waals surface area contributed by atoms with Crippen LogP contribution in [-0.4, -0.2) is 62.9 Å². The van der Waals surface area contributed by atoms with Crippen LogP contribution in [0.15, 0.2) is 46.0 Å². The van der Waals surface area contributed by atoms with Crippen LogP contribution in [0.1, 0.15) is 12.8 Å². The Balaban J connectivity index is 1.20. The summed E-state index contributed by atoms with van der Waals surface area (Å²) >= 11 is 1.14. The first kappa shape index (κ1) is 23.2. The Morgan fingerprint density at radius 2 is 1.82 bits per heavy atom. The summed E-state index contributed by atoms with van der Waals surface area (Å²) < 4.78 is 42.7. The second-order valence-corrected chi connectivity index (χ2v) is 10.6. The lowest BCUT2D eigenvalue weighted by Gasteiger charge is -2.29. The molecule has 1 unspecified atom stereocenters. The molecule has 4 rings (SSSR count). The number of imide groups is 1. The van der Waals surface area contributed by atoms with Gasteiger partial charge < -0.3 is 14.2 Å². The van der Waals surface area contributed by atoms with Gasteiger partial charge in [0.15, 0.2) is 18.1 Å². The largest absolute Gasteiger partial charge is 0.485 e. The molecule has 10 nitrogen and oxygen atoms in total. The molecule has 2 aliphatic rings. The lowest BCUT2D eigenvalue weighted by molar-refractivity contribution is -0.155. The zero-order chi connectivity index (χ0) is 23.4. The fourth-order valence-electron chi connectivity index (χ4n) is 3.53. The van der Waals surface area contributed by atoms with E-state index in [1.165, 1.54) is 4.31 Å². The molecule has 176 valence electrons. The lowest BCUT2D eigenvalue weighted by Crippen LogP contribution is -2.47. The molecule has 0 saturated carbocycles. The van der Waals surface area contributed by atoms with Gasteiger partial charge in [0.25, 0.3) is 21.8 Å². The first-order valence-corrected chi connectivity index (χ1v) is 12.6. The van der Waals surface area contributed by atoms with Gasteiger partial charge in [-0.05, 0) is 36.4 Å². The molecule has 1 aromatic heterocycles. The molecule has 33 heavy (non-hydrogen) atoms. The number of piperidine rings is 1. The average Bonchev–Trinajstić information content (AvgIpc) is 3.38. The van der Waals surface area contributed by atoms with Crippen LogP contribution in [0.5, 0.6) is 11.5 Å². The number of carbonyl (C=O) groups excluding carboxylic acids is 3. The smallest absolute Gasteiger partial charge is 0.309 e. The lowest BCUT2D eigenvalue weighted by atomic mass is 9.98. The third-order valence-corrected chi connectivity index (χ3v) is 8.56. The minimum atomic E-state index is -3.56. The Hall–Kier alpha value is -2.96. The van der Waals surface area contributed by atoms with Crippen molar-refractivity contribution in [1.29, 1.82) is 0 Å². The van der Waals surface area contributed by atoms with Crippen molar-refractivity contribution in [2.75, 3.05) is 26.3 Å². The van der Waals surface area contributed by atoms with E-state index in [0.29, 0.717) is 11.5 Å². The summed E-state index contributed by atoms with van der Waals surface area (Å²) in [6.07, 6.45) is -0.429. The number of ether oxygens (including phenoxy) is 3. The number of hydrogen-bond donors (Lipinski definition) is 1. The van der Waals surface area contributed by atoms with Gasteiger partial charge in [0.05, 0.1) is 5.92 Å². The summed E-state index contributed by atoms with van der Waals surface area (Å²) in [5.74, 6) is -1.69. The van der Waals surface area contributed by atoms with E-state index in [1.807, 2.05) is 0 Å². The third-order valence-electron chi connectivity index (χ3n) is 5.29. The highest BCUT2D eigenvalue weighted by molar-refractivity contribution is 7.91. The highest BCUT2D eigenvalue weighted by atomic mass is 32.2. The van der Waals surface area contributed by atoms with Crippen molar-refractivity contribution in [2.24, 2.45) is 5.92 Å². The summed E-state index contributed by atoms with van der Waals surface area (Å²) in [6.45, 7) is -0.304. The van der Waals surface area contributed by atoms with E-state index in [9.17, 15) is 22.8 Å². The fourth-order valence-corrected chi connectivity index (χ4v) is 6.14. The van der Waals surface area contributed by atoms with Crippen molar-refractivity contribution in [1.82, 2.24) is 9.62 Å². The molecule has 1 N–H and O–H groups in total. The summed E-state index contributed by atoms with van der Waals surface area (Å²) in [6, 6.07) is 10.1. The van der Waals surface area contributed by atoms with Gasteiger partial charge in [-0.2, -0.15) is 4.31 Å². The Kier molecular flexibility index (Phi) is 6.96. The number of amides is 2. The van der Waals surface area contributed by atoms with Gasteiger partial charge in [-0.3, -0.25) is 19.7 Å². The normalized spacial score (nSPS) is 19.0. The van der Waals surface area contributed by atoms with Gasteiger partial charge in [-0.25, -0.2) is 8.42 Å². The van der Waals surface area contributed by atoms with Crippen LogP contribution in [0.3, 0.4) is 0 Å². The van der Waals surface area contributed by atoms with E-state index < -0.39 is 46.4 Å². The zero-order valence-electron chi connectivity index (χ0n) is 17.5. The number of sulfonamides is 1. The standard InChI is InChI=1S/C21H22N2O8S2/c24-18(22-20(25)17-12-29-15-4-1-2-5-16(15)31-17)13-30-21(26)14-7-9-23(10-8-14)33(27,28)19-6-3-11-32-19/h1-6,11,14,17H,7-10,12-13H2,(H,22,24,25). The quantitative estimate of drug-likeness (QED) is 0.593. The Bertz CT molecular complexity index is 1120. The van der Waals surface area contributed by atoms with Gasteiger partial charge in [-0.15, -0.1) is 11.3 Å². The molecule has 0 radical (unpaired) electrons. The Morgan fingerprint density at radius 3 is 2.52 bits per heavy atom. The molecule has 1 atom stereocenters. The number of hydrogen-bond acceptors (Lipinski definition) is 9. The molecule has 0 aliphatic carbocycles. The van der Waals surface area contributed by atoms with Crippen LogP contribution in [0.25, 0.3) is 0 Å². The van der Waals surface area contributed by atoms with Crippen molar-refractivity contribution in [3.63, 3.8) is 0 Å². The maximum absolute atomic E-state index is 12.6. The van der Waals surface area contributed by atoms with Crippen LogP contribution >= 0.6 is 11.3 Å². The van der Waals surface area contributed by atoms with Crippen molar-refractivity contribution < 1.29 is 37.0 Å². The number of rotatable bonds is 6. The van der Waals surface area contributed by atoms with Crippen LogP contribution < -0.4 is 14.8 Å². The van der Waals surface area contributed by atoms with Gasteiger partial charge in [0.1, 0.15) is 10.8 Å². The minimum Gasteiger partial charge on any atom is -0.485 e. The molecule has 2 amide bonds. The van der Waals surface area contributed by atoms with E-state index in [1.54, 1.807) is 41.8 Å². The number of nitrogens with zero attached hydrogens (tertiary/aromatic N) is 1. The number of carbonyl (C=O) groups is 3. The number of benzene rings is 1. The Labute approximate surface area is 194 Å². The predicted octanol–water partition coefficient (Wildman–Crippen LogP) is 1.17. The Morgan fingerprint density at radius 1 is 1.09 bits per heavy atom. The topological polar surface area (TPSA) is 128 Å². The number of fused-ring (bicyclic) bond motifs is 1. The summed E-state index contributed by atoms with van der Waals surface area (Å²) in [5.41, 5.74) is 0. The molecule has 1 aromatic carbocycles. The summed E-state index contributed by atoms with van der Waals surface area (Å²) in [4.78, 5) is 36.6. The summed E-state index contributed by atoms with van der Waals surface area (Å²) in [5, 5.41) is 3.83. The predicted molar refractivity (Wildman–Crippen MR) is 116 cm³/mol. The molecular formula is C21H22N2O8S2. The minimum absolute atomic E-state index is 0.0527. The highest BCUT2D eigenvalue weighted by Gasteiger charge is 2.34. The molecule has 12 heteroatoms. The van der Waals surface area contributed by atoms with Crippen molar-refractivity contribution in [2.45, 2.75) is 23.2 Å². The van der Waals surface area contributed by atoms with Crippen molar-refractivity contribution in [3.05, 3.63) is 41.8 Å². The number of thiophene rings is 1. The second-order valence-electron chi connectivity index (χ2n) is 7.49. The van der Waals surface area contributed by atoms with Crippen molar-refractivity contribution >= 4 is 39.1 Å². The van der Waals surface area contributed by atoms with Gasteiger partial charge >= 0.3 is 5.97 Å². The molecule has 2 aliphatic heterocycles. The molecule has 1 saturated heterocycles.